The van der Waals surface area contributed by atoms with Crippen molar-refractivity contribution in [2.45, 2.75) is 19.8 Å². The Bertz CT molecular complexity index is 648. The Balaban J connectivity index is 2.14. The first-order chi connectivity index (χ1) is 9.79. The van der Waals surface area contributed by atoms with Gasteiger partial charge in [0.15, 0.2) is 0 Å². The molecule has 2 N–H and O–H groups in total. The highest BCUT2D eigenvalue weighted by molar-refractivity contribution is 9.10. The lowest BCUT2D eigenvalue weighted by molar-refractivity contribution is -0.142. The van der Waals surface area contributed by atoms with Crippen molar-refractivity contribution >= 4 is 37.8 Å². The van der Waals surface area contributed by atoms with Gasteiger partial charge in [-0.25, -0.2) is 0 Å². The zero-order chi connectivity index (χ0) is 15.6. The molecule has 1 atom stereocenters. The van der Waals surface area contributed by atoms with Crippen LogP contribution in [0.5, 0.6) is 0 Å². The Morgan fingerprint density at radius 2 is 2.19 bits per heavy atom. The first-order valence-corrected chi connectivity index (χ1v) is 8.80. The SMILES string of the molecule is Cc1cc(NS(=O)(=O)N2CCCC(C(=O)O)C2)ccc1Br. The van der Waals surface area contributed by atoms with Crippen molar-refractivity contribution < 1.29 is 18.3 Å². The summed E-state index contributed by atoms with van der Waals surface area (Å²) in [5, 5.41) is 9.03. The zero-order valence-electron chi connectivity index (χ0n) is 11.5. The van der Waals surface area contributed by atoms with E-state index in [0.29, 0.717) is 25.1 Å². The van der Waals surface area contributed by atoms with E-state index in [9.17, 15) is 13.2 Å². The number of carboxylic acid groups (broad SMARTS) is 1. The van der Waals surface area contributed by atoms with Gasteiger partial charge in [0.2, 0.25) is 0 Å². The minimum absolute atomic E-state index is 0.0141. The van der Waals surface area contributed by atoms with Gasteiger partial charge in [0.25, 0.3) is 0 Å². The summed E-state index contributed by atoms with van der Waals surface area (Å²) >= 11 is 3.36. The molecule has 1 fully saturated rings. The number of piperidine rings is 1. The third-order valence-corrected chi connectivity index (χ3v) is 5.87. The molecule has 2 rings (SSSR count). The van der Waals surface area contributed by atoms with Gasteiger partial charge in [-0.1, -0.05) is 15.9 Å². The molecule has 1 heterocycles. The van der Waals surface area contributed by atoms with Gasteiger partial charge in [0, 0.05) is 17.6 Å². The maximum atomic E-state index is 12.3. The summed E-state index contributed by atoms with van der Waals surface area (Å²) in [4.78, 5) is 11.0. The number of carboxylic acids is 1. The summed E-state index contributed by atoms with van der Waals surface area (Å²) in [6, 6.07) is 5.15. The molecule has 0 radical (unpaired) electrons. The molecule has 1 saturated heterocycles. The minimum Gasteiger partial charge on any atom is -0.481 e. The van der Waals surface area contributed by atoms with Gasteiger partial charge in [-0.3, -0.25) is 9.52 Å². The number of benzene rings is 1. The number of aliphatic carboxylic acids is 1. The number of aryl methyl sites for hydroxylation is 1. The number of hydrogen-bond acceptors (Lipinski definition) is 3. The van der Waals surface area contributed by atoms with E-state index in [0.717, 1.165) is 10.0 Å². The topological polar surface area (TPSA) is 86.7 Å². The number of halogens is 1. The van der Waals surface area contributed by atoms with Crippen molar-refractivity contribution in [2.24, 2.45) is 5.92 Å². The Kier molecular flexibility index (Phi) is 4.90. The highest BCUT2D eigenvalue weighted by Gasteiger charge is 2.32. The van der Waals surface area contributed by atoms with Crippen molar-refractivity contribution in [2.75, 3.05) is 17.8 Å². The van der Waals surface area contributed by atoms with Gasteiger partial charge in [0.05, 0.1) is 11.6 Å². The zero-order valence-corrected chi connectivity index (χ0v) is 13.9. The van der Waals surface area contributed by atoms with E-state index < -0.39 is 22.1 Å². The average molecular weight is 377 g/mol. The van der Waals surface area contributed by atoms with E-state index >= 15 is 0 Å². The van der Waals surface area contributed by atoms with Crippen molar-refractivity contribution in [1.29, 1.82) is 0 Å². The van der Waals surface area contributed by atoms with Gasteiger partial charge < -0.3 is 5.11 Å². The molecule has 1 unspecified atom stereocenters. The lowest BCUT2D eigenvalue weighted by Gasteiger charge is -2.30. The van der Waals surface area contributed by atoms with Crippen LogP contribution in [0.4, 0.5) is 5.69 Å². The van der Waals surface area contributed by atoms with Gasteiger partial charge in [0.1, 0.15) is 0 Å². The smallest absolute Gasteiger partial charge is 0.307 e. The molecular formula is C13H17BrN2O4S. The predicted octanol–water partition coefficient (Wildman–Crippen LogP) is 2.21. The number of nitrogens with zero attached hydrogens (tertiary/aromatic N) is 1. The van der Waals surface area contributed by atoms with E-state index in [1.54, 1.807) is 18.2 Å². The highest BCUT2D eigenvalue weighted by atomic mass is 79.9. The average Bonchev–Trinajstić information content (AvgIpc) is 2.43. The van der Waals surface area contributed by atoms with E-state index in [-0.39, 0.29) is 6.54 Å². The molecule has 0 bridgehead atoms. The van der Waals surface area contributed by atoms with E-state index in [4.69, 9.17) is 5.11 Å². The lowest BCUT2D eigenvalue weighted by Crippen LogP contribution is -2.44. The Morgan fingerprint density at radius 1 is 1.48 bits per heavy atom. The highest BCUT2D eigenvalue weighted by Crippen LogP contribution is 2.23. The van der Waals surface area contributed by atoms with Crippen molar-refractivity contribution in [3.8, 4) is 0 Å². The van der Waals surface area contributed by atoms with E-state index in [2.05, 4.69) is 20.7 Å². The lowest BCUT2D eigenvalue weighted by atomic mass is 10.0. The molecule has 0 spiro atoms. The van der Waals surface area contributed by atoms with Crippen molar-refractivity contribution in [3.63, 3.8) is 0 Å². The normalized spacial score (nSPS) is 20.2. The summed E-state index contributed by atoms with van der Waals surface area (Å²) in [7, 11) is -3.73. The summed E-state index contributed by atoms with van der Waals surface area (Å²) in [6.07, 6.45) is 1.07. The second kappa shape index (κ2) is 6.33. The fraction of sp³-hybridized carbons (Fsp3) is 0.462. The number of hydrogen-bond donors (Lipinski definition) is 2. The predicted molar refractivity (Wildman–Crippen MR) is 83.4 cm³/mol. The van der Waals surface area contributed by atoms with Crippen LogP contribution in [0.2, 0.25) is 0 Å². The van der Waals surface area contributed by atoms with Gasteiger partial charge in [-0.05, 0) is 43.5 Å². The third kappa shape index (κ3) is 3.96. The first kappa shape index (κ1) is 16.3. The van der Waals surface area contributed by atoms with E-state index in [1.165, 1.54) is 4.31 Å². The number of rotatable bonds is 4. The van der Waals surface area contributed by atoms with Crippen LogP contribution in [0, 0.1) is 12.8 Å². The maximum Gasteiger partial charge on any atom is 0.307 e. The third-order valence-electron chi connectivity index (χ3n) is 3.48. The molecule has 0 aromatic heterocycles. The van der Waals surface area contributed by atoms with Crippen molar-refractivity contribution in [1.82, 2.24) is 4.31 Å². The van der Waals surface area contributed by atoms with Crippen LogP contribution in [0.25, 0.3) is 0 Å². The second-order valence-corrected chi connectivity index (χ2v) is 7.63. The van der Waals surface area contributed by atoms with Crippen LogP contribution in [-0.4, -0.2) is 36.9 Å². The molecule has 6 nitrogen and oxygen atoms in total. The molecule has 0 amide bonds. The summed E-state index contributed by atoms with van der Waals surface area (Å²) < 4.78 is 29.3. The standard InChI is InChI=1S/C13H17BrN2O4S/c1-9-7-11(4-5-12(9)14)15-21(19,20)16-6-2-3-10(8-16)13(17)18/h4-5,7,10,15H,2-3,6,8H2,1H3,(H,17,18). The van der Waals surface area contributed by atoms with Crippen LogP contribution >= 0.6 is 15.9 Å². The van der Waals surface area contributed by atoms with Crippen LogP contribution in [-0.2, 0) is 15.0 Å². The molecule has 21 heavy (non-hydrogen) atoms. The fourth-order valence-corrected chi connectivity index (χ4v) is 3.83. The molecule has 116 valence electrons. The monoisotopic (exact) mass is 376 g/mol. The Labute approximate surface area is 132 Å². The fourth-order valence-electron chi connectivity index (χ4n) is 2.28. The quantitative estimate of drug-likeness (QED) is 0.843. The van der Waals surface area contributed by atoms with Crippen LogP contribution in [0.15, 0.2) is 22.7 Å². The minimum atomic E-state index is -3.73. The Hall–Kier alpha value is -1.12. The Morgan fingerprint density at radius 3 is 2.81 bits per heavy atom. The maximum absolute atomic E-state index is 12.3. The number of anilines is 1. The largest absolute Gasteiger partial charge is 0.481 e. The first-order valence-electron chi connectivity index (χ1n) is 6.56. The molecule has 1 aromatic carbocycles. The van der Waals surface area contributed by atoms with Crippen molar-refractivity contribution in [3.05, 3.63) is 28.2 Å². The van der Waals surface area contributed by atoms with Gasteiger partial charge in [-0.2, -0.15) is 12.7 Å². The molecule has 1 aliphatic rings. The van der Waals surface area contributed by atoms with Crippen LogP contribution in [0.1, 0.15) is 18.4 Å². The molecule has 1 aromatic rings. The summed E-state index contributed by atoms with van der Waals surface area (Å²) in [5.41, 5.74) is 1.38. The molecule has 8 heteroatoms. The summed E-state index contributed by atoms with van der Waals surface area (Å²) in [6.45, 7) is 2.22. The second-order valence-electron chi connectivity index (χ2n) is 5.11. The van der Waals surface area contributed by atoms with E-state index in [1.807, 2.05) is 6.92 Å². The van der Waals surface area contributed by atoms with Gasteiger partial charge in [-0.15, -0.1) is 0 Å². The van der Waals surface area contributed by atoms with Crippen LogP contribution < -0.4 is 4.72 Å². The number of carbonyl (C=O) groups is 1. The number of nitrogens with one attached hydrogen (secondary N) is 1. The molecular weight excluding hydrogens is 360 g/mol. The summed E-state index contributed by atoms with van der Waals surface area (Å²) in [5.74, 6) is -1.59. The van der Waals surface area contributed by atoms with Gasteiger partial charge >= 0.3 is 16.2 Å². The molecule has 1 aliphatic heterocycles. The van der Waals surface area contributed by atoms with Crippen LogP contribution in [0.3, 0.4) is 0 Å². The molecule has 0 aliphatic carbocycles. The molecule has 0 saturated carbocycles.